The number of benzene rings is 2. The molecule has 1 fully saturated rings. The molecule has 0 N–H and O–H groups in total. The number of carbonyl (C=O) groups excluding carboxylic acids is 2. The number of urea groups is 1. The summed E-state index contributed by atoms with van der Waals surface area (Å²) in [6, 6.07) is 19.2. The molecule has 1 saturated heterocycles. The van der Waals surface area contributed by atoms with Gasteiger partial charge < -0.3 is 4.90 Å². The maximum absolute atomic E-state index is 12.9. The van der Waals surface area contributed by atoms with Gasteiger partial charge in [0.15, 0.2) is 10.9 Å². The van der Waals surface area contributed by atoms with Crippen LogP contribution in [0, 0.1) is 18.3 Å². The van der Waals surface area contributed by atoms with Crippen LogP contribution in [-0.2, 0) is 13.0 Å². The molecule has 4 rings (SSSR count). The highest BCUT2D eigenvalue weighted by Crippen LogP contribution is 2.30. The number of nitrogens with zero attached hydrogens (tertiary/aromatic N) is 4. The Kier molecular flexibility index (Phi) is 6.10. The standard InChI is InChI=1S/C24H22N4O2S/c1-17-22(21(29)12-11-18-5-3-2-4-6-18)31-23(26-17)28-14-13-27(24(28)30)16-20-9-7-19(15-25)8-10-20/h2-10H,11-14,16H2,1H3. The number of rotatable bonds is 7. The number of nitriles is 1. The summed E-state index contributed by atoms with van der Waals surface area (Å²) in [4.78, 5) is 34.2. The zero-order valence-electron chi connectivity index (χ0n) is 17.2. The zero-order chi connectivity index (χ0) is 21.8. The lowest BCUT2D eigenvalue weighted by Crippen LogP contribution is -2.31. The minimum atomic E-state index is -0.110. The second kappa shape index (κ2) is 9.11. The van der Waals surface area contributed by atoms with Crippen LogP contribution in [0.5, 0.6) is 0 Å². The molecular formula is C24H22N4O2S. The van der Waals surface area contributed by atoms with Gasteiger partial charge in [-0.25, -0.2) is 9.78 Å². The fourth-order valence-electron chi connectivity index (χ4n) is 3.58. The molecule has 0 atom stereocenters. The van der Waals surface area contributed by atoms with E-state index in [1.54, 1.807) is 21.9 Å². The van der Waals surface area contributed by atoms with Crippen molar-refractivity contribution in [3.63, 3.8) is 0 Å². The van der Waals surface area contributed by atoms with Crippen LogP contribution in [0.2, 0.25) is 0 Å². The number of aryl methyl sites for hydroxylation is 2. The van der Waals surface area contributed by atoms with Gasteiger partial charge in [-0.15, -0.1) is 0 Å². The number of hydrogen-bond acceptors (Lipinski definition) is 5. The van der Waals surface area contributed by atoms with E-state index in [-0.39, 0.29) is 11.8 Å². The van der Waals surface area contributed by atoms with E-state index in [2.05, 4.69) is 11.1 Å². The van der Waals surface area contributed by atoms with Crippen LogP contribution in [0.25, 0.3) is 0 Å². The number of hydrogen-bond donors (Lipinski definition) is 0. The van der Waals surface area contributed by atoms with Gasteiger partial charge in [-0.2, -0.15) is 5.26 Å². The van der Waals surface area contributed by atoms with E-state index in [0.29, 0.717) is 53.7 Å². The average Bonchev–Trinajstić information content (AvgIpc) is 3.35. The summed E-state index contributed by atoms with van der Waals surface area (Å²) in [6.07, 6.45) is 1.11. The van der Waals surface area contributed by atoms with Gasteiger partial charge in [0, 0.05) is 26.1 Å². The van der Waals surface area contributed by atoms with Gasteiger partial charge in [0.25, 0.3) is 0 Å². The average molecular weight is 431 g/mol. The van der Waals surface area contributed by atoms with Crippen LogP contribution in [-0.4, -0.2) is 34.8 Å². The molecule has 0 unspecified atom stereocenters. The SMILES string of the molecule is Cc1nc(N2CCN(Cc3ccc(C#N)cc3)C2=O)sc1C(=O)CCc1ccccc1. The molecule has 2 amide bonds. The molecule has 3 aromatic rings. The number of thiazole rings is 1. The van der Waals surface area contributed by atoms with Crippen molar-refractivity contribution in [3.8, 4) is 6.07 Å². The molecule has 0 radical (unpaired) electrons. The first-order valence-electron chi connectivity index (χ1n) is 10.1. The van der Waals surface area contributed by atoms with Gasteiger partial charge >= 0.3 is 6.03 Å². The maximum atomic E-state index is 12.9. The molecule has 6 nitrogen and oxygen atoms in total. The Balaban J connectivity index is 1.41. The highest BCUT2D eigenvalue weighted by Gasteiger charge is 2.32. The van der Waals surface area contributed by atoms with Crippen molar-refractivity contribution in [2.75, 3.05) is 18.0 Å². The Morgan fingerprint density at radius 3 is 2.55 bits per heavy atom. The Hall–Kier alpha value is -3.50. The first-order chi connectivity index (χ1) is 15.0. The van der Waals surface area contributed by atoms with Crippen LogP contribution < -0.4 is 4.90 Å². The molecule has 2 heterocycles. The van der Waals surface area contributed by atoms with Gasteiger partial charge in [0.05, 0.1) is 22.2 Å². The van der Waals surface area contributed by atoms with Gasteiger partial charge in [-0.1, -0.05) is 53.8 Å². The normalized spacial score (nSPS) is 13.5. The van der Waals surface area contributed by atoms with Crippen molar-refractivity contribution in [2.45, 2.75) is 26.3 Å². The maximum Gasteiger partial charge on any atom is 0.326 e. The summed E-state index contributed by atoms with van der Waals surface area (Å²) >= 11 is 1.30. The number of Topliss-reactive ketones (excluding diaryl/α,β-unsaturated/α-hetero) is 1. The third-order valence-electron chi connectivity index (χ3n) is 5.30. The molecular weight excluding hydrogens is 408 g/mol. The van der Waals surface area contributed by atoms with Crippen molar-refractivity contribution in [1.82, 2.24) is 9.88 Å². The number of ketones is 1. The van der Waals surface area contributed by atoms with Crippen molar-refractivity contribution >= 4 is 28.3 Å². The van der Waals surface area contributed by atoms with E-state index < -0.39 is 0 Å². The van der Waals surface area contributed by atoms with Gasteiger partial charge in [-0.3, -0.25) is 9.69 Å². The lowest BCUT2D eigenvalue weighted by Gasteiger charge is -2.17. The lowest BCUT2D eigenvalue weighted by molar-refractivity contribution is 0.0986. The number of amides is 2. The van der Waals surface area contributed by atoms with E-state index >= 15 is 0 Å². The fraction of sp³-hybridized carbons (Fsp3) is 0.250. The van der Waals surface area contributed by atoms with Crippen molar-refractivity contribution < 1.29 is 9.59 Å². The molecule has 2 aromatic carbocycles. The summed E-state index contributed by atoms with van der Waals surface area (Å²) in [6.45, 7) is 3.44. The zero-order valence-corrected chi connectivity index (χ0v) is 18.1. The smallest absolute Gasteiger partial charge is 0.318 e. The van der Waals surface area contributed by atoms with Gasteiger partial charge in [0.1, 0.15) is 0 Å². The van der Waals surface area contributed by atoms with Crippen molar-refractivity contribution in [3.05, 3.63) is 81.9 Å². The Labute approximate surface area is 185 Å². The summed E-state index contributed by atoms with van der Waals surface area (Å²) in [5.41, 5.74) is 3.38. The topological polar surface area (TPSA) is 77.3 Å². The molecule has 1 aliphatic rings. The molecule has 0 saturated carbocycles. The fourth-order valence-corrected chi connectivity index (χ4v) is 4.64. The Morgan fingerprint density at radius 1 is 1.10 bits per heavy atom. The van der Waals surface area contributed by atoms with Crippen molar-refractivity contribution in [1.29, 1.82) is 5.26 Å². The van der Waals surface area contributed by atoms with E-state index in [0.717, 1.165) is 11.1 Å². The number of aromatic nitrogens is 1. The summed E-state index contributed by atoms with van der Waals surface area (Å²) < 4.78 is 0. The molecule has 1 aromatic heterocycles. The Bertz CT molecular complexity index is 1130. The molecule has 0 aliphatic carbocycles. The minimum Gasteiger partial charge on any atom is -0.318 e. The van der Waals surface area contributed by atoms with Crippen LogP contribution in [0.15, 0.2) is 54.6 Å². The van der Waals surface area contributed by atoms with Crippen molar-refractivity contribution in [2.24, 2.45) is 0 Å². The van der Waals surface area contributed by atoms with Crippen LogP contribution >= 0.6 is 11.3 Å². The highest BCUT2D eigenvalue weighted by molar-refractivity contribution is 7.17. The van der Waals surface area contributed by atoms with E-state index in [4.69, 9.17) is 5.26 Å². The largest absolute Gasteiger partial charge is 0.326 e. The van der Waals surface area contributed by atoms with Crippen LogP contribution in [0.4, 0.5) is 9.93 Å². The highest BCUT2D eigenvalue weighted by atomic mass is 32.1. The number of carbonyl (C=O) groups is 2. The third-order valence-corrected chi connectivity index (χ3v) is 6.53. The van der Waals surface area contributed by atoms with Gasteiger partial charge in [-0.05, 0) is 36.6 Å². The monoisotopic (exact) mass is 430 g/mol. The molecule has 0 spiro atoms. The van der Waals surface area contributed by atoms with Crippen LogP contribution in [0.3, 0.4) is 0 Å². The van der Waals surface area contributed by atoms with E-state index in [1.807, 2.05) is 49.4 Å². The molecule has 1 aliphatic heterocycles. The second-order valence-electron chi connectivity index (χ2n) is 7.48. The predicted octanol–water partition coefficient (Wildman–Crippen LogP) is 4.58. The molecule has 31 heavy (non-hydrogen) atoms. The lowest BCUT2D eigenvalue weighted by atomic mass is 10.1. The second-order valence-corrected chi connectivity index (χ2v) is 8.46. The molecule has 156 valence electrons. The van der Waals surface area contributed by atoms with Crippen LogP contribution in [0.1, 0.15) is 38.5 Å². The first kappa shape index (κ1) is 20.8. The Morgan fingerprint density at radius 2 is 1.84 bits per heavy atom. The summed E-state index contributed by atoms with van der Waals surface area (Å²) in [5, 5.41) is 9.50. The predicted molar refractivity (Wildman–Crippen MR) is 120 cm³/mol. The quantitative estimate of drug-likeness (QED) is 0.514. The number of anilines is 1. The molecule has 0 bridgehead atoms. The van der Waals surface area contributed by atoms with E-state index in [1.165, 1.54) is 11.3 Å². The minimum absolute atomic E-state index is 0.0613. The molecule has 7 heteroatoms. The third kappa shape index (κ3) is 4.65. The summed E-state index contributed by atoms with van der Waals surface area (Å²) in [5.74, 6) is 0.0613. The van der Waals surface area contributed by atoms with E-state index in [9.17, 15) is 9.59 Å². The van der Waals surface area contributed by atoms with Gasteiger partial charge in [0.2, 0.25) is 0 Å². The first-order valence-corrected chi connectivity index (χ1v) is 11.0. The summed E-state index contributed by atoms with van der Waals surface area (Å²) in [7, 11) is 0.